The first-order chi connectivity index (χ1) is 13.7. The summed E-state index contributed by atoms with van der Waals surface area (Å²) in [6, 6.07) is 16.2. The number of amides is 1. The highest BCUT2D eigenvalue weighted by molar-refractivity contribution is 5.92. The van der Waals surface area contributed by atoms with E-state index in [4.69, 9.17) is 0 Å². The quantitative estimate of drug-likeness (QED) is 0.818. The summed E-state index contributed by atoms with van der Waals surface area (Å²) >= 11 is 0. The lowest BCUT2D eigenvalue weighted by molar-refractivity contribution is -0.0500. The minimum Gasteiger partial charge on any atom is -0.347 e. The predicted molar refractivity (Wildman–Crippen MR) is 111 cm³/mol. The normalized spacial score (nSPS) is 30.1. The number of nitrogens with zero attached hydrogens (tertiary/aromatic N) is 3. The Morgan fingerprint density at radius 3 is 2.68 bits per heavy atom. The predicted octanol–water partition coefficient (Wildman–Crippen LogP) is 3.58. The minimum atomic E-state index is 0.215. The number of benzene rings is 1. The second-order valence-corrected chi connectivity index (χ2v) is 9.11. The fourth-order valence-corrected chi connectivity index (χ4v) is 6.03. The molecule has 3 aliphatic rings. The molecule has 4 heteroatoms. The van der Waals surface area contributed by atoms with Crippen molar-refractivity contribution in [2.75, 3.05) is 19.6 Å². The number of aryl methyl sites for hydroxylation is 1. The molecule has 0 unspecified atom stereocenters. The molecule has 3 fully saturated rings. The Balaban J connectivity index is 1.32. The average Bonchev–Trinajstić information content (AvgIpc) is 3.14. The zero-order valence-electron chi connectivity index (χ0n) is 16.8. The molecule has 5 rings (SSSR count). The van der Waals surface area contributed by atoms with Crippen LogP contribution in [0.1, 0.15) is 41.7 Å². The third kappa shape index (κ3) is 3.28. The largest absolute Gasteiger partial charge is 0.347 e. The Kier molecular flexibility index (Phi) is 4.75. The number of fused-ring (bicyclic) bond motifs is 4. The van der Waals surface area contributed by atoms with Crippen LogP contribution in [0.2, 0.25) is 0 Å². The van der Waals surface area contributed by atoms with Crippen molar-refractivity contribution in [1.29, 1.82) is 0 Å². The van der Waals surface area contributed by atoms with Gasteiger partial charge in [-0.1, -0.05) is 36.8 Å². The second kappa shape index (κ2) is 7.40. The Morgan fingerprint density at radius 1 is 1.04 bits per heavy atom. The van der Waals surface area contributed by atoms with Crippen molar-refractivity contribution >= 4 is 5.91 Å². The van der Waals surface area contributed by atoms with Crippen molar-refractivity contribution in [3.63, 3.8) is 0 Å². The first-order valence-electron chi connectivity index (χ1n) is 10.9. The van der Waals surface area contributed by atoms with Crippen molar-refractivity contribution in [2.45, 2.75) is 44.2 Å². The van der Waals surface area contributed by atoms with E-state index in [0.717, 1.165) is 25.3 Å². The highest BCUT2D eigenvalue weighted by Gasteiger charge is 2.45. The fraction of sp³-hybridized carbons (Fsp3) is 0.542. The van der Waals surface area contributed by atoms with E-state index in [9.17, 15) is 4.79 Å². The van der Waals surface area contributed by atoms with Gasteiger partial charge in [0, 0.05) is 45.0 Å². The molecule has 4 atom stereocenters. The first-order valence-corrected chi connectivity index (χ1v) is 10.9. The maximum atomic E-state index is 13.1. The zero-order valence-corrected chi connectivity index (χ0v) is 16.8. The van der Waals surface area contributed by atoms with Gasteiger partial charge in [-0.2, -0.15) is 0 Å². The van der Waals surface area contributed by atoms with Crippen LogP contribution in [0.25, 0.3) is 0 Å². The number of carbonyl (C=O) groups excluding carboxylic acids is 1. The summed E-state index contributed by atoms with van der Waals surface area (Å²) in [7, 11) is 1.97. The van der Waals surface area contributed by atoms with E-state index < -0.39 is 0 Å². The van der Waals surface area contributed by atoms with E-state index >= 15 is 0 Å². The van der Waals surface area contributed by atoms with Gasteiger partial charge in [-0.05, 0) is 55.2 Å². The van der Waals surface area contributed by atoms with Gasteiger partial charge in [0.15, 0.2) is 0 Å². The summed E-state index contributed by atoms with van der Waals surface area (Å²) < 4.78 is 1.95. The van der Waals surface area contributed by atoms with E-state index in [-0.39, 0.29) is 5.91 Å². The van der Waals surface area contributed by atoms with Crippen LogP contribution < -0.4 is 0 Å². The van der Waals surface area contributed by atoms with Crippen molar-refractivity contribution in [2.24, 2.45) is 18.9 Å². The molecular formula is C24H31N3O. The molecule has 1 aromatic carbocycles. The molecular weight excluding hydrogens is 346 g/mol. The molecule has 2 bridgehead atoms. The topological polar surface area (TPSA) is 28.5 Å². The Bertz CT molecular complexity index is 829. The van der Waals surface area contributed by atoms with Crippen molar-refractivity contribution in [3.05, 3.63) is 59.9 Å². The molecule has 4 nitrogen and oxygen atoms in total. The number of hydrogen-bond donors (Lipinski definition) is 0. The molecule has 3 saturated heterocycles. The van der Waals surface area contributed by atoms with Gasteiger partial charge in [-0.25, -0.2) is 0 Å². The lowest BCUT2D eigenvalue weighted by Gasteiger charge is -2.55. The summed E-state index contributed by atoms with van der Waals surface area (Å²) in [6.07, 6.45) is 8.38. The van der Waals surface area contributed by atoms with Crippen molar-refractivity contribution in [3.8, 4) is 0 Å². The SMILES string of the molecule is Cn1cccc1C(=O)N1C[C@@H]2C[C@H](C1)[C@@H]1CCC[C@H](Cc3ccccc3)N1C2. The lowest BCUT2D eigenvalue weighted by atomic mass is 9.74. The Morgan fingerprint density at radius 2 is 1.89 bits per heavy atom. The number of likely N-dealkylation sites (tertiary alicyclic amines) is 1. The zero-order chi connectivity index (χ0) is 19.1. The van der Waals surface area contributed by atoms with Gasteiger partial charge in [0.05, 0.1) is 0 Å². The Hall–Kier alpha value is -2.07. The van der Waals surface area contributed by atoms with E-state index in [0.29, 0.717) is 23.9 Å². The molecule has 0 N–H and O–H groups in total. The molecule has 1 aromatic heterocycles. The molecule has 0 radical (unpaired) electrons. The number of hydrogen-bond acceptors (Lipinski definition) is 2. The van der Waals surface area contributed by atoms with Crippen LogP contribution in [0.4, 0.5) is 0 Å². The Labute approximate surface area is 168 Å². The van der Waals surface area contributed by atoms with Crippen LogP contribution in [-0.4, -0.2) is 52.0 Å². The molecule has 3 aliphatic heterocycles. The molecule has 1 amide bonds. The van der Waals surface area contributed by atoms with Gasteiger partial charge in [-0.3, -0.25) is 9.69 Å². The van der Waals surface area contributed by atoms with Crippen LogP contribution in [0, 0.1) is 11.8 Å². The van der Waals surface area contributed by atoms with E-state index in [1.165, 1.54) is 37.7 Å². The van der Waals surface area contributed by atoms with E-state index in [2.05, 4.69) is 40.1 Å². The number of aromatic nitrogens is 1. The lowest BCUT2D eigenvalue weighted by Crippen LogP contribution is -2.62. The molecule has 2 aromatic rings. The van der Waals surface area contributed by atoms with Crippen LogP contribution in [0.5, 0.6) is 0 Å². The van der Waals surface area contributed by atoms with Crippen LogP contribution >= 0.6 is 0 Å². The van der Waals surface area contributed by atoms with Crippen LogP contribution in [-0.2, 0) is 13.5 Å². The smallest absolute Gasteiger partial charge is 0.270 e. The fourth-order valence-electron chi connectivity index (χ4n) is 6.03. The second-order valence-electron chi connectivity index (χ2n) is 9.11. The van der Waals surface area contributed by atoms with Crippen molar-refractivity contribution in [1.82, 2.24) is 14.4 Å². The van der Waals surface area contributed by atoms with Gasteiger partial charge in [0.2, 0.25) is 0 Å². The highest BCUT2D eigenvalue weighted by Crippen LogP contribution is 2.40. The van der Waals surface area contributed by atoms with Gasteiger partial charge in [0.1, 0.15) is 5.69 Å². The number of carbonyl (C=O) groups is 1. The third-order valence-corrected chi connectivity index (χ3v) is 7.28. The number of rotatable bonds is 3. The summed E-state index contributed by atoms with van der Waals surface area (Å²) in [5.41, 5.74) is 2.28. The maximum absolute atomic E-state index is 13.1. The van der Waals surface area contributed by atoms with Gasteiger partial charge in [0.25, 0.3) is 5.91 Å². The van der Waals surface area contributed by atoms with Crippen LogP contribution in [0.3, 0.4) is 0 Å². The maximum Gasteiger partial charge on any atom is 0.270 e. The van der Waals surface area contributed by atoms with E-state index in [1.54, 1.807) is 0 Å². The summed E-state index contributed by atoms with van der Waals surface area (Å²) in [5, 5.41) is 0. The van der Waals surface area contributed by atoms with Gasteiger partial charge in [-0.15, -0.1) is 0 Å². The summed E-state index contributed by atoms with van der Waals surface area (Å²) in [5.74, 6) is 1.47. The molecule has 0 saturated carbocycles. The first kappa shape index (κ1) is 18.0. The molecule has 148 valence electrons. The average molecular weight is 378 g/mol. The van der Waals surface area contributed by atoms with Gasteiger partial charge < -0.3 is 9.47 Å². The summed E-state index contributed by atoms with van der Waals surface area (Å²) in [4.78, 5) is 18.0. The van der Waals surface area contributed by atoms with Crippen molar-refractivity contribution < 1.29 is 4.79 Å². The minimum absolute atomic E-state index is 0.215. The number of piperidine rings is 3. The standard InChI is InChI=1S/C24H31N3O/c1-25-12-6-11-23(25)24(28)26-15-19-13-20(17-26)22-10-5-9-21(27(22)16-19)14-18-7-3-2-4-8-18/h2-4,6-8,11-12,19-22H,5,9-10,13-17H2,1H3/t19-,20+,21+,22-/m0/s1. The molecule has 4 heterocycles. The van der Waals surface area contributed by atoms with E-state index in [1.807, 2.05) is 29.9 Å². The van der Waals surface area contributed by atoms with Gasteiger partial charge >= 0.3 is 0 Å². The monoisotopic (exact) mass is 377 g/mol. The highest BCUT2D eigenvalue weighted by atomic mass is 16.2. The third-order valence-electron chi connectivity index (χ3n) is 7.28. The molecule has 0 aliphatic carbocycles. The van der Waals surface area contributed by atoms with Crippen LogP contribution in [0.15, 0.2) is 48.7 Å². The molecule has 0 spiro atoms. The summed E-state index contributed by atoms with van der Waals surface area (Å²) in [6.45, 7) is 3.01. The molecule has 28 heavy (non-hydrogen) atoms.